The summed E-state index contributed by atoms with van der Waals surface area (Å²) >= 11 is 0.719. The van der Waals surface area contributed by atoms with Crippen molar-refractivity contribution in [1.29, 1.82) is 0 Å². The van der Waals surface area contributed by atoms with Crippen molar-refractivity contribution < 1.29 is 18.4 Å². The molecule has 1 aromatic rings. The topological polar surface area (TPSA) is 139 Å². The molecule has 4 N–H and O–H groups in total. The smallest absolute Gasteiger partial charge is 0.306 e. The number of hydrogen-bond acceptors (Lipinski definition) is 8. The van der Waals surface area contributed by atoms with Gasteiger partial charge >= 0.3 is 5.69 Å². The standard InChI is InChI=1S/C9H14N4O5S2/c10-11-9-7(13(15)16)5-8(19-9)20(17,18)12-3-1-6(14)2-4-12/h5-6,11,14H,1-4,10H2. The van der Waals surface area contributed by atoms with Crippen LogP contribution in [0.4, 0.5) is 10.7 Å². The van der Waals surface area contributed by atoms with Gasteiger partial charge in [-0.05, 0) is 12.8 Å². The van der Waals surface area contributed by atoms with Gasteiger partial charge in [0.2, 0.25) is 0 Å². The van der Waals surface area contributed by atoms with Crippen molar-refractivity contribution in [3.8, 4) is 0 Å². The highest BCUT2D eigenvalue weighted by atomic mass is 32.2. The maximum atomic E-state index is 12.4. The second-order valence-electron chi connectivity index (χ2n) is 4.32. The van der Waals surface area contributed by atoms with Crippen LogP contribution in [0.3, 0.4) is 0 Å². The first-order valence-electron chi connectivity index (χ1n) is 5.79. The van der Waals surface area contributed by atoms with Gasteiger partial charge in [0.05, 0.1) is 11.0 Å². The molecule has 0 atom stereocenters. The van der Waals surface area contributed by atoms with Gasteiger partial charge in [-0.2, -0.15) is 4.31 Å². The fourth-order valence-corrected chi connectivity index (χ4v) is 4.80. The van der Waals surface area contributed by atoms with E-state index >= 15 is 0 Å². The lowest BCUT2D eigenvalue weighted by atomic mass is 10.1. The molecule has 1 aliphatic rings. The second-order valence-corrected chi connectivity index (χ2v) is 7.53. The Morgan fingerprint density at radius 2 is 2.10 bits per heavy atom. The van der Waals surface area contributed by atoms with Gasteiger partial charge in [-0.25, -0.2) is 14.3 Å². The van der Waals surface area contributed by atoms with Crippen molar-refractivity contribution in [1.82, 2.24) is 4.31 Å². The van der Waals surface area contributed by atoms with Crippen LogP contribution >= 0.6 is 11.3 Å². The molecule has 1 fully saturated rings. The van der Waals surface area contributed by atoms with Crippen LogP contribution in [0.5, 0.6) is 0 Å². The van der Waals surface area contributed by atoms with E-state index in [4.69, 9.17) is 5.84 Å². The van der Waals surface area contributed by atoms with E-state index in [0.717, 1.165) is 17.4 Å². The Balaban J connectivity index is 2.32. The Kier molecular flexibility index (Phi) is 4.25. The summed E-state index contributed by atoms with van der Waals surface area (Å²) in [6, 6.07) is 1.00. The zero-order chi connectivity index (χ0) is 14.9. The molecule has 2 heterocycles. The van der Waals surface area contributed by atoms with Crippen LogP contribution in [-0.2, 0) is 10.0 Å². The van der Waals surface area contributed by atoms with Gasteiger partial charge in [-0.3, -0.25) is 10.1 Å². The number of hydrazine groups is 1. The van der Waals surface area contributed by atoms with Crippen LogP contribution in [0.25, 0.3) is 0 Å². The van der Waals surface area contributed by atoms with Crippen LogP contribution in [0.2, 0.25) is 0 Å². The predicted octanol–water partition coefficient (Wildman–Crippen LogP) is 0.0873. The second kappa shape index (κ2) is 5.61. The molecule has 0 amide bonds. The molecular weight excluding hydrogens is 308 g/mol. The molecule has 9 nitrogen and oxygen atoms in total. The average molecular weight is 322 g/mol. The average Bonchev–Trinajstić information content (AvgIpc) is 2.84. The molecule has 0 aliphatic carbocycles. The van der Waals surface area contributed by atoms with E-state index in [9.17, 15) is 23.6 Å². The number of aliphatic hydroxyl groups excluding tert-OH is 1. The molecule has 20 heavy (non-hydrogen) atoms. The van der Waals surface area contributed by atoms with Crippen molar-refractivity contribution >= 4 is 32.0 Å². The van der Waals surface area contributed by atoms with E-state index in [1.165, 1.54) is 4.31 Å². The van der Waals surface area contributed by atoms with E-state index in [1.54, 1.807) is 0 Å². The van der Waals surface area contributed by atoms with Gasteiger partial charge in [-0.1, -0.05) is 11.3 Å². The van der Waals surface area contributed by atoms with Gasteiger partial charge in [0.15, 0.2) is 5.00 Å². The number of nitro groups is 1. The highest BCUT2D eigenvalue weighted by molar-refractivity contribution is 7.91. The van der Waals surface area contributed by atoms with Crippen molar-refractivity contribution in [2.45, 2.75) is 23.2 Å². The lowest BCUT2D eigenvalue weighted by Gasteiger charge is -2.28. The van der Waals surface area contributed by atoms with E-state index in [0.29, 0.717) is 12.8 Å². The minimum Gasteiger partial charge on any atom is -0.393 e. The quantitative estimate of drug-likeness (QED) is 0.405. The maximum absolute atomic E-state index is 12.4. The Morgan fingerprint density at radius 1 is 1.50 bits per heavy atom. The first-order chi connectivity index (χ1) is 9.36. The number of rotatable bonds is 4. The van der Waals surface area contributed by atoms with Crippen molar-refractivity contribution in [2.24, 2.45) is 5.84 Å². The highest BCUT2D eigenvalue weighted by Crippen LogP contribution is 2.38. The largest absolute Gasteiger partial charge is 0.393 e. The summed E-state index contributed by atoms with van der Waals surface area (Å²) in [7, 11) is -3.79. The number of piperidine rings is 1. The Morgan fingerprint density at radius 3 is 2.55 bits per heavy atom. The third kappa shape index (κ3) is 2.76. The molecule has 0 saturated carbocycles. The number of sulfonamides is 1. The molecule has 1 aliphatic heterocycles. The third-order valence-corrected chi connectivity index (χ3v) is 6.44. The summed E-state index contributed by atoms with van der Waals surface area (Å²) < 4.78 is 25.8. The fraction of sp³-hybridized carbons (Fsp3) is 0.556. The summed E-state index contributed by atoms with van der Waals surface area (Å²) in [4.78, 5) is 10.1. The Hall–Kier alpha value is -1.27. The monoisotopic (exact) mass is 322 g/mol. The summed E-state index contributed by atoms with van der Waals surface area (Å²) in [6.45, 7) is 0.390. The number of nitrogens with one attached hydrogen (secondary N) is 1. The van der Waals surface area contributed by atoms with E-state index in [2.05, 4.69) is 5.43 Å². The van der Waals surface area contributed by atoms with Crippen LogP contribution in [0.1, 0.15) is 12.8 Å². The van der Waals surface area contributed by atoms with E-state index in [1.807, 2.05) is 0 Å². The van der Waals surface area contributed by atoms with Crippen molar-refractivity contribution in [2.75, 3.05) is 18.5 Å². The predicted molar refractivity (Wildman–Crippen MR) is 72.8 cm³/mol. The normalized spacial score (nSPS) is 18.1. The van der Waals surface area contributed by atoms with Crippen LogP contribution < -0.4 is 11.3 Å². The number of thiophene rings is 1. The SMILES string of the molecule is NNc1sc(S(=O)(=O)N2CCC(O)CC2)cc1[N+](=O)[O-]. The highest BCUT2D eigenvalue weighted by Gasteiger charge is 2.33. The molecular formula is C9H14N4O5S2. The number of anilines is 1. The van der Waals surface area contributed by atoms with Gasteiger partial charge in [0, 0.05) is 19.2 Å². The minimum absolute atomic E-state index is 0.00869. The molecule has 0 radical (unpaired) electrons. The van der Waals surface area contributed by atoms with Gasteiger partial charge in [-0.15, -0.1) is 0 Å². The first kappa shape index (κ1) is 15.1. The molecule has 1 aromatic heterocycles. The number of nitrogens with zero attached hydrogens (tertiary/aromatic N) is 2. The lowest BCUT2D eigenvalue weighted by molar-refractivity contribution is -0.383. The number of aliphatic hydroxyl groups is 1. The summed E-state index contributed by atoms with van der Waals surface area (Å²) in [6.07, 6.45) is 0.212. The van der Waals surface area contributed by atoms with E-state index < -0.39 is 21.1 Å². The van der Waals surface area contributed by atoms with Crippen LogP contribution in [-0.4, -0.2) is 41.9 Å². The van der Waals surface area contributed by atoms with Crippen molar-refractivity contribution in [3.05, 3.63) is 16.2 Å². The summed E-state index contributed by atoms with van der Waals surface area (Å²) in [5.74, 6) is 5.16. The molecule has 0 spiro atoms. The molecule has 0 unspecified atom stereocenters. The van der Waals surface area contributed by atoms with Crippen LogP contribution in [0, 0.1) is 10.1 Å². The van der Waals surface area contributed by atoms with Gasteiger partial charge in [0.25, 0.3) is 10.0 Å². The number of nitrogens with two attached hydrogens (primary N) is 1. The maximum Gasteiger partial charge on any atom is 0.306 e. The molecule has 1 saturated heterocycles. The third-order valence-electron chi connectivity index (χ3n) is 3.04. The van der Waals surface area contributed by atoms with Crippen LogP contribution in [0.15, 0.2) is 10.3 Å². The molecule has 112 valence electrons. The minimum atomic E-state index is -3.79. The molecule has 0 aromatic carbocycles. The number of nitrogen functional groups attached to an aromatic ring is 1. The van der Waals surface area contributed by atoms with Gasteiger partial charge in [0.1, 0.15) is 4.21 Å². The summed E-state index contributed by atoms with van der Waals surface area (Å²) in [5, 5.41) is 20.2. The molecule has 0 bridgehead atoms. The fourth-order valence-electron chi connectivity index (χ4n) is 1.94. The first-order valence-corrected chi connectivity index (χ1v) is 8.05. The zero-order valence-electron chi connectivity index (χ0n) is 10.4. The summed E-state index contributed by atoms with van der Waals surface area (Å²) in [5.41, 5.74) is 1.77. The van der Waals surface area contributed by atoms with Crippen molar-refractivity contribution in [3.63, 3.8) is 0 Å². The van der Waals surface area contributed by atoms with E-state index in [-0.39, 0.29) is 28.0 Å². The Bertz CT molecular complexity index is 606. The zero-order valence-corrected chi connectivity index (χ0v) is 12.0. The Labute approximate surface area is 119 Å². The molecule has 11 heteroatoms. The lowest BCUT2D eigenvalue weighted by Crippen LogP contribution is -2.39. The van der Waals surface area contributed by atoms with Gasteiger partial charge < -0.3 is 10.5 Å². The molecule has 2 rings (SSSR count). The number of hydrogen-bond donors (Lipinski definition) is 3.